The Kier molecular flexibility index (Phi) is 4.44. The number of hydrogen-bond acceptors (Lipinski definition) is 4. The fourth-order valence-electron chi connectivity index (χ4n) is 9.44. The summed E-state index contributed by atoms with van der Waals surface area (Å²) in [7, 11) is 0. The zero-order valence-electron chi connectivity index (χ0n) is 19.1. The molecule has 0 radical (unpaired) electrons. The number of aromatic nitrogens is 4. The highest BCUT2D eigenvalue weighted by Crippen LogP contribution is 2.68. The van der Waals surface area contributed by atoms with Crippen molar-refractivity contribution < 1.29 is 5.11 Å². The molecule has 5 fully saturated rings. The predicted molar refractivity (Wildman–Crippen MR) is 115 cm³/mol. The number of rotatable bonds is 3. The molecule has 0 aromatic carbocycles. The Labute approximate surface area is 181 Å². The Balaban J connectivity index is 1.15. The quantitative estimate of drug-likeness (QED) is 0.786. The lowest BCUT2D eigenvalue weighted by molar-refractivity contribution is -0.101. The van der Waals surface area contributed by atoms with Crippen molar-refractivity contribution >= 4 is 0 Å². The molecule has 6 rings (SSSR count). The molecular weight excluding hydrogens is 372 g/mol. The first kappa shape index (κ1) is 19.7. The van der Waals surface area contributed by atoms with Crippen LogP contribution >= 0.6 is 0 Å². The van der Waals surface area contributed by atoms with Crippen molar-refractivity contribution in [3.05, 3.63) is 5.82 Å². The summed E-state index contributed by atoms with van der Waals surface area (Å²) in [6.07, 6.45) is 13.4. The van der Waals surface area contributed by atoms with Gasteiger partial charge in [-0.2, -0.15) is 0 Å². The van der Waals surface area contributed by atoms with E-state index in [1.807, 2.05) is 11.6 Å². The predicted octanol–water partition coefficient (Wildman–Crippen LogP) is 4.64. The number of aryl methyl sites for hydroxylation is 1. The van der Waals surface area contributed by atoms with Crippen LogP contribution in [0, 0.1) is 59.7 Å². The summed E-state index contributed by atoms with van der Waals surface area (Å²) in [6, 6.07) is 0. The third-order valence-electron chi connectivity index (χ3n) is 10.9. The number of tetrazole rings is 1. The maximum Gasteiger partial charge on any atom is 0.148 e. The van der Waals surface area contributed by atoms with Crippen LogP contribution in [0.3, 0.4) is 0 Å². The van der Waals surface area contributed by atoms with Gasteiger partial charge in [-0.15, -0.1) is 5.10 Å². The third kappa shape index (κ3) is 3.01. The topological polar surface area (TPSA) is 63.8 Å². The van der Waals surface area contributed by atoms with Crippen LogP contribution in [0.25, 0.3) is 0 Å². The van der Waals surface area contributed by atoms with E-state index in [9.17, 15) is 5.11 Å². The monoisotopic (exact) mass is 412 g/mol. The average molecular weight is 413 g/mol. The van der Waals surface area contributed by atoms with Crippen molar-refractivity contribution in [3.63, 3.8) is 0 Å². The minimum absolute atomic E-state index is 0.394. The first-order valence-corrected chi connectivity index (χ1v) is 12.8. The molecule has 1 heterocycles. The molecule has 5 aliphatic carbocycles. The summed E-state index contributed by atoms with van der Waals surface area (Å²) in [6.45, 7) is 7.81. The Morgan fingerprint density at radius 2 is 1.70 bits per heavy atom. The number of fused-ring (bicyclic) bond motifs is 5. The van der Waals surface area contributed by atoms with E-state index in [2.05, 4.69) is 29.4 Å². The molecule has 0 aliphatic heterocycles. The molecule has 5 aliphatic rings. The number of hydrogen-bond donors (Lipinski definition) is 1. The van der Waals surface area contributed by atoms with E-state index in [1.165, 1.54) is 51.4 Å². The van der Waals surface area contributed by atoms with Gasteiger partial charge in [-0.05, 0) is 141 Å². The zero-order chi connectivity index (χ0) is 20.7. The smallest absolute Gasteiger partial charge is 0.148 e. The molecule has 5 saturated carbocycles. The van der Waals surface area contributed by atoms with Gasteiger partial charge in [0.25, 0.3) is 0 Å². The summed E-state index contributed by atoms with van der Waals surface area (Å²) in [5.41, 5.74) is 0.178. The second-order valence-electron chi connectivity index (χ2n) is 12.5. The summed E-state index contributed by atoms with van der Waals surface area (Å²) in [5, 5.41) is 22.7. The van der Waals surface area contributed by atoms with Gasteiger partial charge in [0, 0.05) is 6.54 Å². The van der Waals surface area contributed by atoms with Crippen molar-refractivity contribution in [2.24, 2.45) is 52.8 Å². The standard InChI is InChI=1S/C25H40N4O/c1-15-26-27-28-29(15)14-17-12-21(17)23-7-6-22-20-5-4-16-13-24(2,30)10-8-18(16)19(20)9-11-25(22,23)3/h16-23,30H,4-14H2,1-3H3/t16-,17-,18+,19-,20-,21?,22+,23-,24-,25+/m1/s1. The van der Waals surface area contributed by atoms with Gasteiger partial charge >= 0.3 is 0 Å². The molecule has 5 nitrogen and oxygen atoms in total. The van der Waals surface area contributed by atoms with E-state index in [0.717, 1.165) is 72.6 Å². The SMILES string of the molecule is Cc1nnnn1C[C@H]1CC1[C@H]1CC[C@H]2[C@@H]3CC[C@@H]4C[C@](C)(O)CC[C@@H]4[C@H]3CC[C@]12C. The lowest BCUT2D eigenvalue weighted by Gasteiger charge is -2.57. The summed E-state index contributed by atoms with van der Waals surface area (Å²) in [4.78, 5) is 0. The molecule has 30 heavy (non-hydrogen) atoms. The summed E-state index contributed by atoms with van der Waals surface area (Å²) >= 11 is 0. The molecule has 0 bridgehead atoms. The normalized spacial score (nSPS) is 52.4. The summed E-state index contributed by atoms with van der Waals surface area (Å²) in [5.74, 6) is 8.17. The Morgan fingerprint density at radius 3 is 2.47 bits per heavy atom. The Hall–Kier alpha value is -0.970. The van der Waals surface area contributed by atoms with Gasteiger partial charge in [-0.25, -0.2) is 4.68 Å². The molecule has 0 spiro atoms. The van der Waals surface area contributed by atoms with Crippen LogP contribution in [-0.4, -0.2) is 30.9 Å². The second kappa shape index (κ2) is 6.76. The highest BCUT2D eigenvalue weighted by molar-refractivity contribution is 5.10. The molecule has 0 amide bonds. The van der Waals surface area contributed by atoms with E-state index in [-0.39, 0.29) is 0 Å². The highest BCUT2D eigenvalue weighted by atomic mass is 16.3. The molecule has 10 atom stereocenters. The van der Waals surface area contributed by atoms with E-state index < -0.39 is 5.60 Å². The van der Waals surface area contributed by atoms with E-state index >= 15 is 0 Å². The van der Waals surface area contributed by atoms with Gasteiger partial charge in [0.2, 0.25) is 0 Å². The van der Waals surface area contributed by atoms with Gasteiger partial charge < -0.3 is 5.11 Å². The Morgan fingerprint density at radius 1 is 0.933 bits per heavy atom. The van der Waals surface area contributed by atoms with Crippen molar-refractivity contribution in [3.8, 4) is 0 Å². The molecule has 5 heteroatoms. The second-order valence-corrected chi connectivity index (χ2v) is 12.5. The van der Waals surface area contributed by atoms with E-state index in [4.69, 9.17) is 0 Å². The maximum absolute atomic E-state index is 10.6. The van der Waals surface area contributed by atoms with Crippen molar-refractivity contribution in [1.29, 1.82) is 0 Å². The van der Waals surface area contributed by atoms with Gasteiger partial charge in [-0.1, -0.05) is 6.92 Å². The maximum atomic E-state index is 10.6. The minimum Gasteiger partial charge on any atom is -0.390 e. The van der Waals surface area contributed by atoms with Crippen molar-refractivity contribution in [2.45, 2.75) is 97.1 Å². The van der Waals surface area contributed by atoms with Crippen LogP contribution in [0.1, 0.15) is 83.9 Å². The van der Waals surface area contributed by atoms with E-state index in [0.29, 0.717) is 5.41 Å². The lowest BCUT2D eigenvalue weighted by Crippen LogP contribution is -2.50. The highest BCUT2D eigenvalue weighted by Gasteiger charge is 2.61. The van der Waals surface area contributed by atoms with Crippen LogP contribution in [0.15, 0.2) is 0 Å². The number of nitrogens with zero attached hydrogens (tertiary/aromatic N) is 4. The number of aliphatic hydroxyl groups is 1. The summed E-state index contributed by atoms with van der Waals surface area (Å²) < 4.78 is 2.02. The van der Waals surface area contributed by atoms with Gasteiger partial charge in [0.05, 0.1) is 5.60 Å². The minimum atomic E-state index is -0.394. The molecule has 1 aromatic heterocycles. The molecule has 166 valence electrons. The zero-order valence-corrected chi connectivity index (χ0v) is 19.1. The van der Waals surface area contributed by atoms with Gasteiger partial charge in [0.1, 0.15) is 5.82 Å². The van der Waals surface area contributed by atoms with Crippen LogP contribution < -0.4 is 0 Å². The largest absolute Gasteiger partial charge is 0.390 e. The average Bonchev–Trinajstić information content (AvgIpc) is 3.18. The molecular formula is C25H40N4O. The third-order valence-corrected chi connectivity index (χ3v) is 10.9. The van der Waals surface area contributed by atoms with Gasteiger partial charge in [0.15, 0.2) is 0 Å². The molecule has 1 aromatic rings. The van der Waals surface area contributed by atoms with Gasteiger partial charge in [-0.3, -0.25) is 0 Å². The first-order valence-electron chi connectivity index (χ1n) is 12.8. The Bertz CT molecular complexity index is 805. The van der Waals surface area contributed by atoms with Crippen LogP contribution in [0.2, 0.25) is 0 Å². The van der Waals surface area contributed by atoms with E-state index in [1.54, 1.807) is 0 Å². The fourth-order valence-corrected chi connectivity index (χ4v) is 9.44. The van der Waals surface area contributed by atoms with Crippen LogP contribution in [0.4, 0.5) is 0 Å². The van der Waals surface area contributed by atoms with Crippen molar-refractivity contribution in [1.82, 2.24) is 20.2 Å². The van der Waals surface area contributed by atoms with Crippen molar-refractivity contribution in [2.75, 3.05) is 0 Å². The lowest BCUT2D eigenvalue weighted by atomic mass is 9.49. The molecule has 1 unspecified atom stereocenters. The van der Waals surface area contributed by atoms with Crippen LogP contribution in [0.5, 0.6) is 0 Å². The van der Waals surface area contributed by atoms with Crippen LogP contribution in [-0.2, 0) is 6.54 Å². The fraction of sp³-hybridized carbons (Fsp3) is 0.960. The first-order chi connectivity index (χ1) is 14.4. The molecule has 0 saturated heterocycles. The molecule has 1 N–H and O–H groups in total.